The Hall–Kier alpha value is -3.18. The van der Waals surface area contributed by atoms with Gasteiger partial charge in [0.25, 0.3) is 0 Å². The molecule has 0 fully saturated rings. The highest BCUT2D eigenvalue weighted by Crippen LogP contribution is 2.24. The van der Waals surface area contributed by atoms with E-state index in [1.807, 2.05) is 56.3 Å². The van der Waals surface area contributed by atoms with Crippen molar-refractivity contribution in [2.45, 2.75) is 20.5 Å². The predicted octanol–water partition coefficient (Wildman–Crippen LogP) is 5.63. The number of carbonyl (C=O) groups is 2. The van der Waals surface area contributed by atoms with Gasteiger partial charge < -0.3 is 9.47 Å². The SMILES string of the molecule is COC(=O)c1ccc(COc2ccccc2/C=C/C(=O)c2cc(C)sc2C)cc1. The molecule has 4 nitrogen and oxygen atoms in total. The molecule has 3 aromatic rings. The van der Waals surface area contributed by atoms with Crippen LogP contribution in [0.3, 0.4) is 0 Å². The van der Waals surface area contributed by atoms with Crippen molar-refractivity contribution in [3.63, 3.8) is 0 Å². The number of thiophene rings is 1. The summed E-state index contributed by atoms with van der Waals surface area (Å²) in [4.78, 5) is 26.2. The average molecular weight is 407 g/mol. The van der Waals surface area contributed by atoms with Gasteiger partial charge in [0, 0.05) is 20.9 Å². The smallest absolute Gasteiger partial charge is 0.337 e. The lowest BCUT2D eigenvalue weighted by Crippen LogP contribution is -2.02. The van der Waals surface area contributed by atoms with E-state index < -0.39 is 0 Å². The second kappa shape index (κ2) is 9.34. The number of ketones is 1. The Bertz CT molecular complexity index is 1040. The average Bonchev–Trinajstić information content (AvgIpc) is 3.08. The Morgan fingerprint density at radius 1 is 1.03 bits per heavy atom. The van der Waals surface area contributed by atoms with Gasteiger partial charge >= 0.3 is 5.97 Å². The number of hydrogen-bond donors (Lipinski definition) is 0. The van der Waals surface area contributed by atoms with E-state index in [1.54, 1.807) is 35.6 Å². The van der Waals surface area contributed by atoms with E-state index in [9.17, 15) is 9.59 Å². The molecule has 5 heteroatoms. The summed E-state index contributed by atoms with van der Waals surface area (Å²) in [6.45, 7) is 4.31. The van der Waals surface area contributed by atoms with E-state index in [2.05, 4.69) is 0 Å². The lowest BCUT2D eigenvalue weighted by Gasteiger charge is -2.09. The predicted molar refractivity (Wildman–Crippen MR) is 116 cm³/mol. The van der Waals surface area contributed by atoms with Gasteiger partial charge in [-0.15, -0.1) is 11.3 Å². The van der Waals surface area contributed by atoms with Crippen LogP contribution in [0.1, 0.15) is 41.6 Å². The van der Waals surface area contributed by atoms with Crippen LogP contribution in [-0.4, -0.2) is 18.9 Å². The Morgan fingerprint density at radius 3 is 2.41 bits per heavy atom. The Kier molecular flexibility index (Phi) is 6.62. The number of allylic oxidation sites excluding steroid dienone is 1. The molecule has 0 aliphatic heterocycles. The topological polar surface area (TPSA) is 52.6 Å². The van der Waals surface area contributed by atoms with E-state index in [0.29, 0.717) is 17.9 Å². The highest BCUT2D eigenvalue weighted by Gasteiger charge is 2.10. The molecule has 29 heavy (non-hydrogen) atoms. The van der Waals surface area contributed by atoms with E-state index in [4.69, 9.17) is 9.47 Å². The first-order valence-corrected chi connectivity index (χ1v) is 9.98. The molecule has 0 atom stereocenters. The van der Waals surface area contributed by atoms with E-state index >= 15 is 0 Å². The molecule has 0 aliphatic carbocycles. The van der Waals surface area contributed by atoms with Gasteiger partial charge in [0.2, 0.25) is 0 Å². The van der Waals surface area contributed by atoms with Crippen LogP contribution in [-0.2, 0) is 11.3 Å². The summed E-state index contributed by atoms with van der Waals surface area (Å²) in [7, 11) is 1.36. The van der Waals surface area contributed by atoms with Gasteiger partial charge in [-0.2, -0.15) is 0 Å². The van der Waals surface area contributed by atoms with Crippen LogP contribution in [0.25, 0.3) is 6.08 Å². The molecule has 1 aromatic heterocycles. The quantitative estimate of drug-likeness (QED) is 0.290. The van der Waals surface area contributed by atoms with Crippen molar-refractivity contribution in [3.05, 3.63) is 92.7 Å². The maximum atomic E-state index is 12.5. The van der Waals surface area contributed by atoms with Crippen LogP contribution in [0.5, 0.6) is 5.75 Å². The molecular weight excluding hydrogens is 384 g/mol. The van der Waals surface area contributed by atoms with Crippen molar-refractivity contribution in [2.24, 2.45) is 0 Å². The Morgan fingerprint density at radius 2 is 1.76 bits per heavy atom. The molecule has 3 rings (SSSR count). The molecule has 0 bridgehead atoms. The minimum absolute atomic E-state index is 0.0138. The summed E-state index contributed by atoms with van der Waals surface area (Å²) >= 11 is 1.62. The molecule has 148 valence electrons. The first-order chi connectivity index (χ1) is 14.0. The van der Waals surface area contributed by atoms with Crippen LogP contribution in [0, 0.1) is 13.8 Å². The number of para-hydroxylation sites is 1. The van der Waals surface area contributed by atoms with Gasteiger partial charge in [-0.1, -0.05) is 30.3 Å². The first-order valence-electron chi connectivity index (χ1n) is 9.16. The number of esters is 1. The fourth-order valence-corrected chi connectivity index (χ4v) is 3.83. The number of methoxy groups -OCH3 is 1. The molecular formula is C24H22O4S. The van der Waals surface area contributed by atoms with Crippen molar-refractivity contribution >= 4 is 29.2 Å². The second-order valence-electron chi connectivity index (χ2n) is 6.54. The third-order valence-electron chi connectivity index (χ3n) is 4.41. The van der Waals surface area contributed by atoms with Crippen LogP contribution in [0.2, 0.25) is 0 Å². The van der Waals surface area contributed by atoms with E-state index in [0.717, 1.165) is 26.4 Å². The van der Waals surface area contributed by atoms with Crippen molar-refractivity contribution < 1.29 is 19.1 Å². The standard InChI is InChI=1S/C24H22O4S/c1-16-14-21(17(2)29-16)22(25)13-12-19-6-4-5-7-23(19)28-15-18-8-10-20(11-9-18)24(26)27-3/h4-14H,15H2,1-3H3/b13-12+. The van der Waals surface area contributed by atoms with Crippen molar-refractivity contribution in [3.8, 4) is 5.75 Å². The zero-order valence-corrected chi connectivity index (χ0v) is 17.4. The van der Waals surface area contributed by atoms with Gasteiger partial charge in [0.1, 0.15) is 12.4 Å². The van der Waals surface area contributed by atoms with Crippen LogP contribution >= 0.6 is 11.3 Å². The summed E-state index contributed by atoms with van der Waals surface area (Å²) in [5, 5.41) is 0. The minimum Gasteiger partial charge on any atom is -0.488 e. The fraction of sp³-hybridized carbons (Fsp3) is 0.167. The van der Waals surface area contributed by atoms with Crippen molar-refractivity contribution in [1.29, 1.82) is 0 Å². The van der Waals surface area contributed by atoms with Gasteiger partial charge in [0.05, 0.1) is 12.7 Å². The highest BCUT2D eigenvalue weighted by atomic mass is 32.1. The molecule has 0 saturated heterocycles. The number of rotatable bonds is 7. The number of benzene rings is 2. The number of aryl methyl sites for hydroxylation is 2. The molecule has 2 aromatic carbocycles. The van der Waals surface area contributed by atoms with Crippen LogP contribution in [0.15, 0.2) is 60.7 Å². The largest absolute Gasteiger partial charge is 0.488 e. The van der Waals surface area contributed by atoms with Gasteiger partial charge in [-0.05, 0) is 55.8 Å². The number of hydrogen-bond acceptors (Lipinski definition) is 5. The molecule has 0 amide bonds. The summed E-state index contributed by atoms with van der Waals surface area (Å²) in [5.74, 6) is 0.306. The third kappa shape index (κ3) is 5.21. The van der Waals surface area contributed by atoms with Gasteiger partial charge in [-0.25, -0.2) is 4.79 Å². The molecule has 1 heterocycles. The molecule has 0 aliphatic rings. The molecule has 0 radical (unpaired) electrons. The molecule has 0 unspecified atom stereocenters. The minimum atomic E-state index is -0.367. The van der Waals surface area contributed by atoms with Gasteiger partial charge in [-0.3, -0.25) is 4.79 Å². The Balaban J connectivity index is 1.69. The van der Waals surface area contributed by atoms with E-state index in [-0.39, 0.29) is 11.8 Å². The lowest BCUT2D eigenvalue weighted by molar-refractivity contribution is 0.0600. The van der Waals surface area contributed by atoms with Crippen LogP contribution < -0.4 is 4.74 Å². The van der Waals surface area contributed by atoms with E-state index in [1.165, 1.54) is 7.11 Å². The summed E-state index contributed by atoms with van der Waals surface area (Å²) < 4.78 is 10.6. The summed E-state index contributed by atoms with van der Waals surface area (Å²) in [6, 6.07) is 16.6. The Labute approximate surface area is 174 Å². The van der Waals surface area contributed by atoms with Crippen LogP contribution in [0.4, 0.5) is 0 Å². The first kappa shape index (κ1) is 20.6. The monoisotopic (exact) mass is 406 g/mol. The second-order valence-corrected chi connectivity index (χ2v) is 8.00. The molecule has 0 saturated carbocycles. The lowest BCUT2D eigenvalue weighted by atomic mass is 10.1. The zero-order valence-electron chi connectivity index (χ0n) is 16.6. The normalized spacial score (nSPS) is 10.9. The molecule has 0 spiro atoms. The number of ether oxygens (including phenoxy) is 2. The highest BCUT2D eigenvalue weighted by molar-refractivity contribution is 7.12. The zero-order chi connectivity index (χ0) is 20.8. The van der Waals surface area contributed by atoms with Crippen molar-refractivity contribution in [1.82, 2.24) is 0 Å². The fourth-order valence-electron chi connectivity index (χ4n) is 2.90. The third-order valence-corrected chi connectivity index (χ3v) is 5.38. The van der Waals surface area contributed by atoms with Crippen molar-refractivity contribution in [2.75, 3.05) is 7.11 Å². The van der Waals surface area contributed by atoms with Gasteiger partial charge in [0.15, 0.2) is 5.78 Å². The molecule has 0 N–H and O–H groups in total. The maximum Gasteiger partial charge on any atom is 0.337 e. The number of carbonyl (C=O) groups excluding carboxylic acids is 2. The summed E-state index contributed by atoms with van der Waals surface area (Å²) in [5.41, 5.74) is 3.00. The maximum absolute atomic E-state index is 12.5. The summed E-state index contributed by atoms with van der Waals surface area (Å²) in [6.07, 6.45) is 3.37.